The smallest absolute Gasteiger partial charge is 0.225 e. The van der Waals surface area contributed by atoms with Crippen molar-refractivity contribution in [3.05, 3.63) is 53.9 Å². The Morgan fingerprint density at radius 3 is 2.31 bits per heavy atom. The monoisotopic (exact) mass is 216 g/mol. The maximum absolute atomic E-state index is 12.9. The fraction of sp³-hybridized carbons (Fsp3) is 0. The molecule has 0 bridgehead atoms. The van der Waals surface area contributed by atoms with Gasteiger partial charge in [0.2, 0.25) is 5.95 Å². The van der Waals surface area contributed by atoms with Crippen LogP contribution in [0.2, 0.25) is 0 Å². The van der Waals surface area contributed by atoms with Gasteiger partial charge >= 0.3 is 0 Å². The van der Waals surface area contributed by atoms with Gasteiger partial charge in [0, 0.05) is 11.8 Å². The zero-order chi connectivity index (χ0) is 11.5. The SMILES string of the molecule is N#Cc1ccc(-c2cnc(F)c(F)c2)cc1. The van der Waals surface area contributed by atoms with Crippen LogP contribution in [-0.2, 0) is 0 Å². The predicted molar refractivity (Wildman–Crippen MR) is 54.3 cm³/mol. The Bertz CT molecular complexity index is 556. The van der Waals surface area contributed by atoms with E-state index in [0.717, 1.165) is 6.07 Å². The number of aromatic nitrogens is 1. The van der Waals surface area contributed by atoms with Crippen LogP contribution in [-0.4, -0.2) is 4.98 Å². The number of rotatable bonds is 1. The van der Waals surface area contributed by atoms with Gasteiger partial charge < -0.3 is 0 Å². The summed E-state index contributed by atoms with van der Waals surface area (Å²) in [5, 5.41) is 8.61. The van der Waals surface area contributed by atoms with Crippen LogP contribution in [0.25, 0.3) is 11.1 Å². The Balaban J connectivity index is 2.43. The fourth-order valence-electron chi connectivity index (χ4n) is 1.32. The van der Waals surface area contributed by atoms with E-state index in [0.29, 0.717) is 16.7 Å². The molecule has 2 aromatic rings. The number of hydrogen-bond donors (Lipinski definition) is 0. The van der Waals surface area contributed by atoms with E-state index in [2.05, 4.69) is 4.98 Å². The van der Waals surface area contributed by atoms with E-state index >= 15 is 0 Å². The molecule has 0 atom stereocenters. The van der Waals surface area contributed by atoms with Crippen LogP contribution >= 0.6 is 0 Å². The van der Waals surface area contributed by atoms with Crippen LogP contribution in [0.3, 0.4) is 0 Å². The molecule has 1 aromatic carbocycles. The van der Waals surface area contributed by atoms with Gasteiger partial charge in [0.1, 0.15) is 0 Å². The second-order valence-corrected chi connectivity index (χ2v) is 3.19. The maximum Gasteiger partial charge on any atom is 0.248 e. The Labute approximate surface area is 90.8 Å². The summed E-state index contributed by atoms with van der Waals surface area (Å²) < 4.78 is 25.5. The van der Waals surface area contributed by atoms with Crippen LogP contribution in [0.4, 0.5) is 8.78 Å². The number of halogens is 2. The lowest BCUT2D eigenvalue weighted by Gasteiger charge is -2.01. The molecule has 2 nitrogen and oxygen atoms in total. The Morgan fingerprint density at radius 2 is 1.75 bits per heavy atom. The zero-order valence-corrected chi connectivity index (χ0v) is 8.11. The molecule has 0 saturated carbocycles. The first-order valence-corrected chi connectivity index (χ1v) is 4.52. The summed E-state index contributed by atoms with van der Waals surface area (Å²) in [7, 11) is 0. The highest BCUT2D eigenvalue weighted by Crippen LogP contribution is 2.20. The molecule has 0 aliphatic rings. The summed E-state index contributed by atoms with van der Waals surface area (Å²) in [5.41, 5.74) is 1.67. The van der Waals surface area contributed by atoms with Gasteiger partial charge in [-0.15, -0.1) is 0 Å². The second-order valence-electron chi connectivity index (χ2n) is 3.19. The third-order valence-electron chi connectivity index (χ3n) is 2.14. The fourth-order valence-corrected chi connectivity index (χ4v) is 1.32. The van der Waals surface area contributed by atoms with Crippen LogP contribution in [0.1, 0.15) is 5.56 Å². The first-order chi connectivity index (χ1) is 7.70. The summed E-state index contributed by atoms with van der Waals surface area (Å²) in [5.74, 6) is -2.10. The van der Waals surface area contributed by atoms with Crippen molar-refractivity contribution in [2.24, 2.45) is 0 Å². The van der Waals surface area contributed by atoms with E-state index in [1.807, 2.05) is 6.07 Å². The third kappa shape index (κ3) is 1.89. The van der Waals surface area contributed by atoms with Gasteiger partial charge in [-0.25, -0.2) is 9.37 Å². The lowest BCUT2D eigenvalue weighted by molar-refractivity contribution is 0.480. The number of pyridine rings is 1. The van der Waals surface area contributed by atoms with Crippen molar-refractivity contribution in [1.29, 1.82) is 5.26 Å². The highest BCUT2D eigenvalue weighted by Gasteiger charge is 2.05. The van der Waals surface area contributed by atoms with E-state index in [9.17, 15) is 8.78 Å². The molecule has 0 N–H and O–H groups in total. The standard InChI is InChI=1S/C12H6F2N2/c13-11-5-10(7-16-12(11)14)9-3-1-8(6-15)2-4-9/h1-5,7H. The van der Waals surface area contributed by atoms with Crippen molar-refractivity contribution in [2.45, 2.75) is 0 Å². The van der Waals surface area contributed by atoms with Gasteiger partial charge in [-0.1, -0.05) is 12.1 Å². The summed E-state index contributed by atoms with van der Waals surface area (Å²) >= 11 is 0. The van der Waals surface area contributed by atoms with Gasteiger partial charge in [0.05, 0.1) is 11.6 Å². The molecule has 2 rings (SSSR count). The van der Waals surface area contributed by atoms with Gasteiger partial charge in [0.15, 0.2) is 5.82 Å². The molecular weight excluding hydrogens is 210 g/mol. The number of hydrogen-bond acceptors (Lipinski definition) is 2. The predicted octanol–water partition coefficient (Wildman–Crippen LogP) is 2.90. The molecule has 0 aliphatic carbocycles. The topological polar surface area (TPSA) is 36.7 Å². The number of nitrogens with zero attached hydrogens (tertiary/aromatic N) is 2. The minimum Gasteiger partial charge on any atom is -0.225 e. The van der Waals surface area contributed by atoms with E-state index in [1.54, 1.807) is 24.3 Å². The number of nitriles is 1. The van der Waals surface area contributed by atoms with Crippen LogP contribution < -0.4 is 0 Å². The molecule has 0 unspecified atom stereocenters. The molecule has 78 valence electrons. The van der Waals surface area contributed by atoms with E-state index in [1.165, 1.54) is 6.20 Å². The van der Waals surface area contributed by atoms with Gasteiger partial charge in [-0.3, -0.25) is 0 Å². The van der Waals surface area contributed by atoms with E-state index in [-0.39, 0.29) is 0 Å². The van der Waals surface area contributed by atoms with Crippen LogP contribution in [0, 0.1) is 23.1 Å². The maximum atomic E-state index is 12.9. The quantitative estimate of drug-likeness (QED) is 0.687. The lowest BCUT2D eigenvalue weighted by Crippen LogP contribution is -1.90. The Morgan fingerprint density at radius 1 is 1.06 bits per heavy atom. The molecule has 0 saturated heterocycles. The van der Waals surface area contributed by atoms with Crippen LogP contribution in [0.15, 0.2) is 36.5 Å². The highest BCUT2D eigenvalue weighted by molar-refractivity contribution is 5.63. The molecule has 0 radical (unpaired) electrons. The first-order valence-electron chi connectivity index (χ1n) is 4.52. The molecular formula is C12H6F2N2. The minimum atomic E-state index is -1.11. The zero-order valence-electron chi connectivity index (χ0n) is 8.11. The van der Waals surface area contributed by atoms with Gasteiger partial charge in [-0.05, 0) is 23.8 Å². The largest absolute Gasteiger partial charge is 0.248 e. The molecule has 0 aliphatic heterocycles. The molecule has 0 spiro atoms. The summed E-state index contributed by atoms with van der Waals surface area (Å²) in [4.78, 5) is 3.29. The van der Waals surface area contributed by atoms with Crippen molar-refractivity contribution in [1.82, 2.24) is 4.98 Å². The van der Waals surface area contributed by atoms with Gasteiger partial charge in [-0.2, -0.15) is 9.65 Å². The Hall–Kier alpha value is -2.28. The molecule has 0 amide bonds. The Kier molecular flexibility index (Phi) is 2.61. The molecule has 1 heterocycles. The van der Waals surface area contributed by atoms with Crippen LogP contribution in [0.5, 0.6) is 0 Å². The van der Waals surface area contributed by atoms with E-state index < -0.39 is 11.8 Å². The summed E-state index contributed by atoms with van der Waals surface area (Å²) in [6.45, 7) is 0. The van der Waals surface area contributed by atoms with Crippen molar-refractivity contribution in [3.8, 4) is 17.2 Å². The average molecular weight is 216 g/mol. The first kappa shape index (κ1) is 10.2. The minimum absolute atomic E-state index is 0.475. The molecule has 0 fully saturated rings. The summed E-state index contributed by atoms with van der Waals surface area (Å²) in [6.07, 6.45) is 1.25. The van der Waals surface area contributed by atoms with E-state index in [4.69, 9.17) is 5.26 Å². The lowest BCUT2D eigenvalue weighted by atomic mass is 10.1. The summed E-state index contributed by atoms with van der Waals surface area (Å²) in [6, 6.07) is 9.58. The average Bonchev–Trinajstić information content (AvgIpc) is 2.33. The number of benzene rings is 1. The van der Waals surface area contributed by atoms with Crippen molar-refractivity contribution in [3.63, 3.8) is 0 Å². The highest BCUT2D eigenvalue weighted by atomic mass is 19.2. The second kappa shape index (κ2) is 4.07. The third-order valence-corrected chi connectivity index (χ3v) is 2.14. The normalized spacial score (nSPS) is 9.81. The molecule has 16 heavy (non-hydrogen) atoms. The van der Waals surface area contributed by atoms with Crippen molar-refractivity contribution < 1.29 is 8.78 Å². The molecule has 1 aromatic heterocycles. The van der Waals surface area contributed by atoms with Crippen molar-refractivity contribution >= 4 is 0 Å². The van der Waals surface area contributed by atoms with Gasteiger partial charge in [0.25, 0.3) is 0 Å². The molecule has 4 heteroatoms. The van der Waals surface area contributed by atoms with Crippen molar-refractivity contribution in [2.75, 3.05) is 0 Å².